The number of carbonyl (C=O) groups is 1. The van der Waals surface area contributed by atoms with Crippen molar-refractivity contribution in [2.24, 2.45) is 0 Å². The van der Waals surface area contributed by atoms with Gasteiger partial charge in [-0.15, -0.1) is 0 Å². The van der Waals surface area contributed by atoms with Gasteiger partial charge in [0.1, 0.15) is 0 Å². The highest BCUT2D eigenvalue weighted by atomic mass is 16.4. The van der Waals surface area contributed by atoms with Crippen molar-refractivity contribution in [2.75, 3.05) is 0 Å². The second-order valence-electron chi connectivity index (χ2n) is 19.1. The molecule has 0 aliphatic carbocycles. The molecule has 0 aliphatic heterocycles. The highest BCUT2D eigenvalue weighted by Crippen LogP contribution is 2.18. The summed E-state index contributed by atoms with van der Waals surface area (Å²) in [7, 11) is 0. The molecule has 0 amide bonds. The molecule has 1 N–H and O–H groups in total. The zero-order chi connectivity index (χ0) is 42.3. The molecule has 0 radical (unpaired) electrons. The summed E-state index contributed by atoms with van der Waals surface area (Å²) in [5.41, 5.74) is 0. The Bertz CT molecular complexity index is 670. The Balaban J connectivity index is 0. The van der Waals surface area contributed by atoms with Gasteiger partial charge in [0, 0.05) is 6.42 Å². The van der Waals surface area contributed by atoms with E-state index in [2.05, 4.69) is 20.8 Å². The highest BCUT2D eigenvalue weighted by molar-refractivity contribution is 5.66. The van der Waals surface area contributed by atoms with Crippen molar-refractivity contribution >= 4 is 5.97 Å². The van der Waals surface area contributed by atoms with Crippen molar-refractivity contribution in [3.8, 4) is 0 Å². The number of carboxylic acid groups (broad SMARTS) is 1. The van der Waals surface area contributed by atoms with Crippen LogP contribution in [-0.4, -0.2) is 11.1 Å². The molecule has 0 fully saturated rings. The van der Waals surface area contributed by atoms with Gasteiger partial charge in [-0.05, 0) is 6.42 Å². The van der Waals surface area contributed by atoms with Crippen LogP contribution in [0.1, 0.15) is 355 Å². The Labute approximate surface area is 369 Å². The number of hydrogen-bond donors (Lipinski definition) is 1. The molecule has 2 heteroatoms. The molecule has 0 atom stereocenters. The van der Waals surface area contributed by atoms with Crippen molar-refractivity contribution in [3.63, 3.8) is 0 Å². The summed E-state index contributed by atoms with van der Waals surface area (Å²) >= 11 is 0. The van der Waals surface area contributed by atoms with Crippen LogP contribution in [0.15, 0.2) is 0 Å². The lowest BCUT2D eigenvalue weighted by Crippen LogP contribution is -1.93. The van der Waals surface area contributed by atoms with Crippen LogP contribution in [0.25, 0.3) is 0 Å². The minimum Gasteiger partial charge on any atom is -0.481 e. The van der Waals surface area contributed by atoms with Crippen molar-refractivity contribution in [1.29, 1.82) is 0 Å². The Morgan fingerprint density at radius 2 is 0.310 bits per heavy atom. The van der Waals surface area contributed by atoms with Crippen molar-refractivity contribution in [3.05, 3.63) is 0 Å². The van der Waals surface area contributed by atoms with Gasteiger partial charge in [0.25, 0.3) is 0 Å². The first-order valence-corrected chi connectivity index (χ1v) is 27.9. The van der Waals surface area contributed by atoms with Crippen LogP contribution in [0.2, 0.25) is 0 Å². The van der Waals surface area contributed by atoms with Crippen LogP contribution in [0, 0.1) is 0 Å². The molecule has 0 aromatic rings. The summed E-state index contributed by atoms with van der Waals surface area (Å²) in [6, 6.07) is 0. The van der Waals surface area contributed by atoms with E-state index in [-0.39, 0.29) is 0 Å². The Morgan fingerprint density at radius 1 is 0.207 bits per heavy atom. The van der Waals surface area contributed by atoms with Crippen molar-refractivity contribution in [2.45, 2.75) is 355 Å². The SMILES string of the molecule is CCCCCCCCCCCCCCCCCCCCC.CCCCCCCCCCCCCCCCCCCCCCCCCCCCCCCCCCC(=O)O. The lowest BCUT2D eigenvalue weighted by atomic mass is 10.0. The molecular formula is C56H114O2. The van der Waals surface area contributed by atoms with Crippen LogP contribution in [-0.2, 0) is 4.79 Å². The number of unbranched alkanes of at least 4 members (excludes halogenated alkanes) is 49. The third-order valence-corrected chi connectivity index (χ3v) is 13.0. The molecule has 2 nitrogen and oxygen atoms in total. The van der Waals surface area contributed by atoms with E-state index in [1.807, 2.05) is 0 Å². The normalized spacial score (nSPS) is 11.3. The average molecular weight is 820 g/mol. The van der Waals surface area contributed by atoms with E-state index in [0.29, 0.717) is 6.42 Å². The van der Waals surface area contributed by atoms with Crippen LogP contribution in [0.5, 0.6) is 0 Å². The smallest absolute Gasteiger partial charge is 0.303 e. The van der Waals surface area contributed by atoms with Gasteiger partial charge in [-0.1, -0.05) is 342 Å². The van der Waals surface area contributed by atoms with Crippen molar-refractivity contribution in [1.82, 2.24) is 0 Å². The molecule has 350 valence electrons. The topological polar surface area (TPSA) is 37.3 Å². The fourth-order valence-electron chi connectivity index (χ4n) is 8.80. The van der Waals surface area contributed by atoms with Gasteiger partial charge >= 0.3 is 5.97 Å². The van der Waals surface area contributed by atoms with Gasteiger partial charge in [-0.3, -0.25) is 4.79 Å². The summed E-state index contributed by atoms with van der Waals surface area (Å²) in [6.45, 7) is 6.90. The minimum absolute atomic E-state index is 0.347. The first-order chi connectivity index (χ1) is 28.7. The standard InChI is InChI=1S/C35H70O2.C21H44/c1-2-3-4-5-6-7-8-9-10-11-12-13-14-15-16-17-18-19-20-21-22-23-24-25-26-27-28-29-30-31-32-33-34-35(36)37;1-3-5-7-9-11-13-15-17-19-21-20-18-16-14-12-10-8-6-4-2/h2-34H2,1H3,(H,36,37);3-21H2,1-2H3. The van der Waals surface area contributed by atoms with Gasteiger partial charge < -0.3 is 5.11 Å². The summed E-state index contributed by atoms with van der Waals surface area (Å²) < 4.78 is 0. The molecule has 0 bridgehead atoms. The number of hydrogen-bond acceptors (Lipinski definition) is 1. The Hall–Kier alpha value is -0.530. The van der Waals surface area contributed by atoms with E-state index in [1.54, 1.807) is 0 Å². The molecule has 0 heterocycles. The van der Waals surface area contributed by atoms with Gasteiger partial charge in [0.2, 0.25) is 0 Å². The summed E-state index contributed by atoms with van der Waals surface area (Å²) in [6.07, 6.45) is 73.3. The summed E-state index contributed by atoms with van der Waals surface area (Å²) in [5, 5.41) is 8.63. The molecule has 0 aromatic heterocycles. The van der Waals surface area contributed by atoms with Gasteiger partial charge in [-0.25, -0.2) is 0 Å². The predicted octanol–water partition coefficient (Wildman–Crippen LogP) is 21.4. The minimum atomic E-state index is -0.648. The summed E-state index contributed by atoms with van der Waals surface area (Å²) in [5.74, 6) is -0.648. The van der Waals surface area contributed by atoms with Gasteiger partial charge in [0.05, 0.1) is 0 Å². The fraction of sp³-hybridized carbons (Fsp3) is 0.982. The average Bonchev–Trinajstić information content (AvgIpc) is 3.22. The third-order valence-electron chi connectivity index (χ3n) is 13.0. The lowest BCUT2D eigenvalue weighted by molar-refractivity contribution is -0.137. The van der Waals surface area contributed by atoms with Gasteiger partial charge in [-0.2, -0.15) is 0 Å². The molecule has 0 aliphatic rings. The van der Waals surface area contributed by atoms with E-state index in [1.165, 1.54) is 315 Å². The second-order valence-corrected chi connectivity index (χ2v) is 19.1. The van der Waals surface area contributed by atoms with Crippen LogP contribution >= 0.6 is 0 Å². The highest BCUT2D eigenvalue weighted by Gasteiger charge is 1.99. The third kappa shape index (κ3) is 62.1. The number of aliphatic carboxylic acids is 1. The molecule has 0 spiro atoms. The maximum absolute atomic E-state index is 10.5. The quantitative estimate of drug-likeness (QED) is 0.0621. The van der Waals surface area contributed by atoms with E-state index in [4.69, 9.17) is 5.11 Å². The maximum atomic E-state index is 10.5. The first kappa shape index (κ1) is 59.6. The van der Waals surface area contributed by atoms with Crippen molar-refractivity contribution < 1.29 is 9.90 Å². The predicted molar refractivity (Wildman–Crippen MR) is 265 cm³/mol. The van der Waals surface area contributed by atoms with Gasteiger partial charge in [0.15, 0.2) is 0 Å². The molecule has 0 saturated heterocycles. The van der Waals surface area contributed by atoms with E-state index in [0.717, 1.165) is 12.8 Å². The number of carboxylic acids is 1. The Kier molecular flexibility index (Phi) is 60.1. The zero-order valence-corrected chi connectivity index (χ0v) is 41.1. The second kappa shape index (κ2) is 58.6. The molecule has 58 heavy (non-hydrogen) atoms. The molecule has 0 aromatic carbocycles. The number of rotatable bonds is 51. The van der Waals surface area contributed by atoms with E-state index >= 15 is 0 Å². The molecule has 0 unspecified atom stereocenters. The monoisotopic (exact) mass is 819 g/mol. The molecule has 0 rings (SSSR count). The van der Waals surface area contributed by atoms with Crippen LogP contribution < -0.4 is 0 Å². The molecule has 0 saturated carbocycles. The van der Waals surface area contributed by atoms with E-state index in [9.17, 15) is 4.79 Å². The first-order valence-electron chi connectivity index (χ1n) is 27.9. The van der Waals surface area contributed by atoms with Crippen LogP contribution in [0.3, 0.4) is 0 Å². The lowest BCUT2D eigenvalue weighted by Gasteiger charge is -2.04. The summed E-state index contributed by atoms with van der Waals surface area (Å²) in [4.78, 5) is 10.5. The largest absolute Gasteiger partial charge is 0.481 e. The zero-order valence-electron chi connectivity index (χ0n) is 41.1. The van der Waals surface area contributed by atoms with E-state index < -0.39 is 5.97 Å². The van der Waals surface area contributed by atoms with Crippen LogP contribution in [0.4, 0.5) is 0 Å². The maximum Gasteiger partial charge on any atom is 0.303 e. The fourth-order valence-corrected chi connectivity index (χ4v) is 8.80. The molecular weight excluding hydrogens is 705 g/mol. The Morgan fingerprint density at radius 3 is 0.414 bits per heavy atom.